The summed E-state index contributed by atoms with van der Waals surface area (Å²) in [4.78, 5) is 11.4. The van der Waals surface area contributed by atoms with Crippen LogP contribution in [0.2, 0.25) is 0 Å². The van der Waals surface area contributed by atoms with Gasteiger partial charge in [0.15, 0.2) is 0 Å². The number of carboxylic acid groups (broad SMARTS) is 1. The Hall–Kier alpha value is -1.51. The van der Waals surface area contributed by atoms with Crippen LogP contribution in [0.1, 0.15) is 44.6 Å². The second kappa shape index (κ2) is 6.09. The average Bonchev–Trinajstić information content (AvgIpc) is 2.89. The Morgan fingerprint density at radius 1 is 1.37 bits per heavy atom. The lowest BCUT2D eigenvalue weighted by molar-refractivity contribution is -0.149. The second-order valence-corrected chi connectivity index (χ2v) is 5.39. The summed E-state index contributed by atoms with van der Waals surface area (Å²) in [5.41, 5.74) is 0.703. The molecule has 2 rings (SSSR count). The van der Waals surface area contributed by atoms with Crippen molar-refractivity contribution < 1.29 is 14.6 Å². The van der Waals surface area contributed by atoms with Crippen LogP contribution in [0.25, 0.3) is 0 Å². The highest BCUT2D eigenvalue weighted by Crippen LogP contribution is 2.41. The number of hydrogen-bond donors (Lipinski definition) is 1. The number of hydrogen-bond acceptors (Lipinski definition) is 2. The van der Waals surface area contributed by atoms with Crippen molar-refractivity contribution in [2.75, 3.05) is 6.61 Å². The van der Waals surface area contributed by atoms with Gasteiger partial charge in [-0.05, 0) is 43.4 Å². The third kappa shape index (κ3) is 3.28. The zero-order chi connectivity index (χ0) is 13.7. The lowest BCUT2D eigenvalue weighted by Crippen LogP contribution is -2.29. The van der Waals surface area contributed by atoms with Crippen LogP contribution in [-0.2, 0) is 11.2 Å². The van der Waals surface area contributed by atoms with E-state index in [0.29, 0.717) is 13.0 Å². The van der Waals surface area contributed by atoms with E-state index in [1.54, 1.807) is 0 Å². The largest absolute Gasteiger partial charge is 0.494 e. The van der Waals surface area contributed by atoms with E-state index in [1.165, 1.54) is 5.56 Å². The zero-order valence-electron chi connectivity index (χ0n) is 11.5. The molecule has 1 aromatic rings. The van der Waals surface area contributed by atoms with Gasteiger partial charge in [0.25, 0.3) is 0 Å². The summed E-state index contributed by atoms with van der Waals surface area (Å²) in [7, 11) is 0. The van der Waals surface area contributed by atoms with E-state index < -0.39 is 11.4 Å². The summed E-state index contributed by atoms with van der Waals surface area (Å²) >= 11 is 0. The maximum absolute atomic E-state index is 11.4. The third-order valence-electron chi connectivity index (χ3n) is 4.17. The molecule has 3 nitrogen and oxygen atoms in total. The number of aryl methyl sites for hydroxylation is 1. The Morgan fingerprint density at radius 2 is 2.11 bits per heavy atom. The summed E-state index contributed by atoms with van der Waals surface area (Å²) < 4.78 is 5.72. The van der Waals surface area contributed by atoms with E-state index in [0.717, 1.165) is 37.9 Å². The maximum atomic E-state index is 11.4. The van der Waals surface area contributed by atoms with E-state index in [4.69, 9.17) is 4.74 Å². The topological polar surface area (TPSA) is 46.5 Å². The molecule has 0 radical (unpaired) electrons. The number of rotatable bonds is 6. The van der Waals surface area contributed by atoms with Gasteiger partial charge in [0, 0.05) is 0 Å². The molecular formula is C16H22O3. The van der Waals surface area contributed by atoms with Crippen LogP contribution >= 0.6 is 0 Å². The van der Waals surface area contributed by atoms with Crippen LogP contribution in [0, 0.1) is 5.41 Å². The van der Waals surface area contributed by atoms with Gasteiger partial charge < -0.3 is 9.84 Å². The molecule has 1 aliphatic rings. The summed E-state index contributed by atoms with van der Waals surface area (Å²) in [6, 6.07) is 8.02. The summed E-state index contributed by atoms with van der Waals surface area (Å²) in [6.07, 6.45) is 5.23. The summed E-state index contributed by atoms with van der Waals surface area (Å²) in [5, 5.41) is 9.39. The highest BCUT2D eigenvalue weighted by atomic mass is 16.5. The normalized spacial score (nSPS) is 17.3. The Kier molecular flexibility index (Phi) is 4.46. The monoisotopic (exact) mass is 262 g/mol. The summed E-state index contributed by atoms with van der Waals surface area (Å²) in [6.45, 7) is 2.59. The number of carboxylic acids is 1. The van der Waals surface area contributed by atoms with Gasteiger partial charge in [-0.1, -0.05) is 31.9 Å². The zero-order valence-corrected chi connectivity index (χ0v) is 11.5. The van der Waals surface area contributed by atoms with Crippen LogP contribution in [0.15, 0.2) is 24.3 Å². The van der Waals surface area contributed by atoms with Crippen molar-refractivity contribution in [1.29, 1.82) is 0 Å². The first-order valence-corrected chi connectivity index (χ1v) is 7.11. The van der Waals surface area contributed by atoms with E-state index in [9.17, 15) is 9.90 Å². The minimum atomic E-state index is -0.657. The van der Waals surface area contributed by atoms with Gasteiger partial charge >= 0.3 is 5.97 Å². The molecule has 1 saturated carbocycles. The molecular weight excluding hydrogens is 240 g/mol. The van der Waals surface area contributed by atoms with Crippen LogP contribution in [0.3, 0.4) is 0 Å². The molecule has 0 unspecified atom stereocenters. The van der Waals surface area contributed by atoms with Crippen LogP contribution in [0.4, 0.5) is 0 Å². The van der Waals surface area contributed by atoms with Gasteiger partial charge in [-0.15, -0.1) is 0 Å². The highest BCUT2D eigenvalue weighted by Gasteiger charge is 2.40. The minimum Gasteiger partial charge on any atom is -0.494 e. The molecule has 0 atom stereocenters. The van der Waals surface area contributed by atoms with E-state index in [2.05, 4.69) is 13.0 Å². The number of aliphatic carboxylic acids is 1. The summed E-state index contributed by atoms with van der Waals surface area (Å²) in [5.74, 6) is 0.189. The van der Waals surface area contributed by atoms with Crippen molar-refractivity contribution in [1.82, 2.24) is 0 Å². The van der Waals surface area contributed by atoms with Crippen molar-refractivity contribution in [2.45, 2.75) is 45.4 Å². The Bertz CT molecular complexity index is 433. The number of benzene rings is 1. The molecule has 104 valence electrons. The van der Waals surface area contributed by atoms with Gasteiger partial charge in [-0.3, -0.25) is 4.79 Å². The molecule has 1 fully saturated rings. The first-order valence-electron chi connectivity index (χ1n) is 7.11. The predicted molar refractivity (Wildman–Crippen MR) is 74.5 cm³/mol. The van der Waals surface area contributed by atoms with E-state index >= 15 is 0 Å². The molecule has 1 N–H and O–H groups in total. The Labute approximate surface area is 114 Å². The van der Waals surface area contributed by atoms with Gasteiger partial charge in [-0.2, -0.15) is 0 Å². The van der Waals surface area contributed by atoms with Crippen molar-refractivity contribution >= 4 is 5.97 Å². The SMILES string of the molecule is CCc1cccc(OCCC2(C(=O)O)CCCC2)c1. The molecule has 0 amide bonds. The number of ether oxygens (including phenoxy) is 1. The van der Waals surface area contributed by atoms with Crippen molar-refractivity contribution in [3.05, 3.63) is 29.8 Å². The van der Waals surface area contributed by atoms with Crippen molar-refractivity contribution in [2.24, 2.45) is 5.41 Å². The maximum Gasteiger partial charge on any atom is 0.309 e. The van der Waals surface area contributed by atoms with Crippen LogP contribution < -0.4 is 4.74 Å². The second-order valence-electron chi connectivity index (χ2n) is 5.39. The van der Waals surface area contributed by atoms with Crippen LogP contribution in [0.5, 0.6) is 5.75 Å². The first kappa shape index (κ1) is 13.9. The molecule has 0 aliphatic heterocycles. The smallest absolute Gasteiger partial charge is 0.309 e. The fourth-order valence-corrected chi connectivity index (χ4v) is 2.84. The van der Waals surface area contributed by atoms with Crippen molar-refractivity contribution in [3.63, 3.8) is 0 Å². The lowest BCUT2D eigenvalue weighted by Gasteiger charge is -2.23. The van der Waals surface area contributed by atoms with Gasteiger partial charge in [-0.25, -0.2) is 0 Å². The molecule has 0 spiro atoms. The predicted octanol–water partition coefficient (Wildman–Crippen LogP) is 3.66. The lowest BCUT2D eigenvalue weighted by atomic mass is 9.83. The van der Waals surface area contributed by atoms with Crippen molar-refractivity contribution in [3.8, 4) is 5.75 Å². The molecule has 0 aromatic heterocycles. The van der Waals surface area contributed by atoms with E-state index in [1.807, 2.05) is 18.2 Å². The Morgan fingerprint density at radius 3 is 2.74 bits per heavy atom. The van der Waals surface area contributed by atoms with Gasteiger partial charge in [0.05, 0.1) is 12.0 Å². The van der Waals surface area contributed by atoms with Crippen LogP contribution in [-0.4, -0.2) is 17.7 Å². The highest BCUT2D eigenvalue weighted by molar-refractivity contribution is 5.74. The quantitative estimate of drug-likeness (QED) is 0.851. The molecule has 19 heavy (non-hydrogen) atoms. The molecule has 3 heteroatoms. The van der Waals surface area contributed by atoms with Gasteiger partial charge in [0.1, 0.15) is 5.75 Å². The Balaban J connectivity index is 1.90. The standard InChI is InChI=1S/C16H22O3/c1-2-13-6-5-7-14(12-13)19-11-10-16(15(17)18)8-3-4-9-16/h5-7,12H,2-4,8-11H2,1H3,(H,17,18). The minimum absolute atomic E-state index is 0.486. The molecule has 0 heterocycles. The molecule has 1 aliphatic carbocycles. The first-order chi connectivity index (χ1) is 9.16. The fourth-order valence-electron chi connectivity index (χ4n) is 2.84. The van der Waals surface area contributed by atoms with Gasteiger partial charge in [0.2, 0.25) is 0 Å². The van der Waals surface area contributed by atoms with E-state index in [-0.39, 0.29) is 0 Å². The third-order valence-corrected chi connectivity index (χ3v) is 4.17. The molecule has 1 aromatic carbocycles. The molecule has 0 saturated heterocycles. The fraction of sp³-hybridized carbons (Fsp3) is 0.562. The molecule has 0 bridgehead atoms. The average molecular weight is 262 g/mol. The number of carbonyl (C=O) groups is 1.